The van der Waals surface area contributed by atoms with E-state index in [1.165, 1.54) is 6.07 Å². The summed E-state index contributed by atoms with van der Waals surface area (Å²) < 4.78 is 0. The van der Waals surface area contributed by atoms with E-state index in [1.54, 1.807) is 12.1 Å². The minimum Gasteiger partial charge on any atom is -0.477 e. The summed E-state index contributed by atoms with van der Waals surface area (Å²) in [5.41, 5.74) is 0.705. The molecule has 0 aromatic carbocycles. The van der Waals surface area contributed by atoms with Crippen molar-refractivity contribution in [3.05, 3.63) is 29.6 Å². The lowest BCUT2D eigenvalue weighted by Gasteiger charge is -2.20. The van der Waals surface area contributed by atoms with E-state index in [4.69, 9.17) is 5.11 Å². The molecule has 5 nitrogen and oxygen atoms in total. The van der Waals surface area contributed by atoms with E-state index < -0.39 is 5.97 Å². The zero-order chi connectivity index (χ0) is 14.3. The molecule has 106 valence electrons. The van der Waals surface area contributed by atoms with Crippen molar-refractivity contribution in [2.45, 2.75) is 39.3 Å². The lowest BCUT2D eigenvalue weighted by atomic mass is 9.96. The molecule has 0 aliphatic heterocycles. The normalized spacial score (nSPS) is 12.6. The summed E-state index contributed by atoms with van der Waals surface area (Å²) in [6.07, 6.45) is 1.52. The van der Waals surface area contributed by atoms with Crippen LogP contribution in [0.5, 0.6) is 0 Å². The largest absolute Gasteiger partial charge is 0.477 e. The summed E-state index contributed by atoms with van der Waals surface area (Å²) in [6, 6.07) is 4.90. The molecule has 0 saturated carbocycles. The van der Waals surface area contributed by atoms with Crippen molar-refractivity contribution >= 4 is 5.97 Å². The van der Waals surface area contributed by atoms with Crippen LogP contribution in [0.3, 0.4) is 0 Å². The number of aliphatic hydroxyl groups is 1. The Balaban J connectivity index is 2.45. The zero-order valence-corrected chi connectivity index (χ0v) is 11.5. The smallest absolute Gasteiger partial charge is 0.354 e. The van der Waals surface area contributed by atoms with Crippen LogP contribution in [0.2, 0.25) is 0 Å². The second-order valence-electron chi connectivity index (χ2n) is 4.59. The number of carbonyl (C=O) groups is 1. The summed E-state index contributed by atoms with van der Waals surface area (Å²) in [6.45, 7) is 5.08. The van der Waals surface area contributed by atoms with Crippen LogP contribution < -0.4 is 5.32 Å². The molecular formula is C14H22N2O3. The van der Waals surface area contributed by atoms with Crippen molar-refractivity contribution in [1.82, 2.24) is 10.3 Å². The molecule has 5 heteroatoms. The highest BCUT2D eigenvalue weighted by Gasteiger charge is 2.14. The molecule has 0 amide bonds. The minimum absolute atomic E-state index is 0.0415. The van der Waals surface area contributed by atoms with E-state index in [-0.39, 0.29) is 11.8 Å². The van der Waals surface area contributed by atoms with E-state index in [2.05, 4.69) is 24.1 Å². The standard InChI is InChI=1S/C14H22N2O3/c1-3-10(4-2)13(17)9-15-8-11-6-5-7-12(16-11)14(18)19/h5-7,10,13,15,17H,3-4,8-9H2,1-2H3,(H,18,19). The maximum Gasteiger partial charge on any atom is 0.354 e. The molecule has 1 atom stereocenters. The first-order valence-electron chi connectivity index (χ1n) is 6.66. The van der Waals surface area contributed by atoms with Crippen LogP contribution in [0.25, 0.3) is 0 Å². The lowest BCUT2D eigenvalue weighted by molar-refractivity contribution is 0.0690. The van der Waals surface area contributed by atoms with Crippen LogP contribution in [-0.4, -0.2) is 33.8 Å². The van der Waals surface area contributed by atoms with Gasteiger partial charge in [-0.25, -0.2) is 9.78 Å². The van der Waals surface area contributed by atoms with Gasteiger partial charge in [0, 0.05) is 13.1 Å². The van der Waals surface area contributed by atoms with Crippen LogP contribution in [-0.2, 0) is 6.54 Å². The van der Waals surface area contributed by atoms with Crippen molar-refractivity contribution in [3.63, 3.8) is 0 Å². The molecule has 1 rings (SSSR count). The van der Waals surface area contributed by atoms with Gasteiger partial charge in [0.2, 0.25) is 0 Å². The number of nitrogens with one attached hydrogen (secondary N) is 1. The second-order valence-corrected chi connectivity index (χ2v) is 4.59. The van der Waals surface area contributed by atoms with Gasteiger partial charge < -0.3 is 15.5 Å². The van der Waals surface area contributed by atoms with Crippen LogP contribution in [0.15, 0.2) is 18.2 Å². The highest BCUT2D eigenvalue weighted by atomic mass is 16.4. The average molecular weight is 266 g/mol. The third kappa shape index (κ3) is 4.96. The van der Waals surface area contributed by atoms with Gasteiger partial charge in [0.1, 0.15) is 5.69 Å². The molecule has 1 heterocycles. The first-order chi connectivity index (χ1) is 9.08. The molecule has 0 radical (unpaired) electrons. The molecule has 0 saturated heterocycles. The summed E-state index contributed by atoms with van der Waals surface area (Å²) in [5, 5.41) is 21.9. The molecular weight excluding hydrogens is 244 g/mol. The summed E-state index contributed by atoms with van der Waals surface area (Å²) in [5.74, 6) is -0.732. The molecule has 19 heavy (non-hydrogen) atoms. The van der Waals surface area contributed by atoms with E-state index >= 15 is 0 Å². The minimum atomic E-state index is -1.03. The molecule has 1 aromatic rings. The van der Waals surface area contributed by atoms with Crippen LogP contribution >= 0.6 is 0 Å². The Hall–Kier alpha value is -1.46. The Bertz CT molecular complexity index is 405. The molecule has 0 aliphatic rings. The highest BCUT2D eigenvalue weighted by molar-refractivity contribution is 5.85. The Morgan fingerprint density at radius 3 is 2.63 bits per heavy atom. The van der Waals surface area contributed by atoms with Crippen LogP contribution in [0.1, 0.15) is 42.9 Å². The molecule has 3 N–H and O–H groups in total. The SMILES string of the molecule is CCC(CC)C(O)CNCc1cccc(C(=O)O)n1. The zero-order valence-electron chi connectivity index (χ0n) is 11.5. The highest BCUT2D eigenvalue weighted by Crippen LogP contribution is 2.12. The predicted molar refractivity (Wildman–Crippen MR) is 73.0 cm³/mol. The molecule has 0 fully saturated rings. The molecule has 1 aromatic heterocycles. The van der Waals surface area contributed by atoms with E-state index in [1.807, 2.05) is 0 Å². The number of aromatic nitrogens is 1. The Kier molecular flexibility index (Phi) is 6.45. The molecule has 1 unspecified atom stereocenters. The monoisotopic (exact) mass is 266 g/mol. The fraction of sp³-hybridized carbons (Fsp3) is 0.571. The van der Waals surface area contributed by atoms with Gasteiger partial charge in [-0.15, -0.1) is 0 Å². The maximum absolute atomic E-state index is 10.8. The van der Waals surface area contributed by atoms with Crippen molar-refractivity contribution in [2.75, 3.05) is 6.54 Å². The topological polar surface area (TPSA) is 82.5 Å². The van der Waals surface area contributed by atoms with Gasteiger partial charge in [-0.3, -0.25) is 0 Å². The number of aliphatic hydroxyl groups excluding tert-OH is 1. The third-order valence-electron chi connectivity index (χ3n) is 3.28. The van der Waals surface area contributed by atoms with Crippen molar-refractivity contribution in [1.29, 1.82) is 0 Å². The van der Waals surface area contributed by atoms with Gasteiger partial charge in [0.15, 0.2) is 0 Å². The van der Waals surface area contributed by atoms with Crippen molar-refractivity contribution in [3.8, 4) is 0 Å². The lowest BCUT2D eigenvalue weighted by Crippen LogP contribution is -2.32. The quantitative estimate of drug-likeness (QED) is 0.666. The van der Waals surface area contributed by atoms with E-state index in [9.17, 15) is 9.90 Å². The number of nitrogens with zero attached hydrogens (tertiary/aromatic N) is 1. The third-order valence-corrected chi connectivity index (χ3v) is 3.28. The fourth-order valence-electron chi connectivity index (χ4n) is 2.04. The summed E-state index contributed by atoms with van der Waals surface area (Å²) >= 11 is 0. The first kappa shape index (κ1) is 15.6. The average Bonchev–Trinajstić information content (AvgIpc) is 2.40. The number of hydrogen-bond acceptors (Lipinski definition) is 4. The molecule has 0 spiro atoms. The number of rotatable bonds is 8. The van der Waals surface area contributed by atoms with Crippen molar-refractivity contribution in [2.24, 2.45) is 5.92 Å². The van der Waals surface area contributed by atoms with Gasteiger partial charge in [-0.1, -0.05) is 32.8 Å². The predicted octanol–water partition coefficient (Wildman–Crippen LogP) is 1.67. The van der Waals surface area contributed by atoms with Crippen LogP contribution in [0.4, 0.5) is 0 Å². The number of carboxylic acid groups (broad SMARTS) is 1. The van der Waals surface area contributed by atoms with Gasteiger partial charge in [0.25, 0.3) is 0 Å². The van der Waals surface area contributed by atoms with Crippen LogP contribution in [0, 0.1) is 5.92 Å². The fourth-order valence-corrected chi connectivity index (χ4v) is 2.04. The summed E-state index contributed by atoms with van der Waals surface area (Å²) in [4.78, 5) is 14.8. The molecule has 0 aliphatic carbocycles. The number of pyridine rings is 1. The number of carboxylic acids is 1. The van der Waals surface area contributed by atoms with Crippen molar-refractivity contribution < 1.29 is 15.0 Å². The second kappa shape index (κ2) is 7.86. The van der Waals surface area contributed by atoms with E-state index in [0.717, 1.165) is 12.8 Å². The number of hydrogen-bond donors (Lipinski definition) is 3. The van der Waals surface area contributed by atoms with Gasteiger partial charge in [0.05, 0.1) is 11.8 Å². The first-order valence-corrected chi connectivity index (χ1v) is 6.66. The molecule has 0 bridgehead atoms. The maximum atomic E-state index is 10.8. The van der Waals surface area contributed by atoms with E-state index in [0.29, 0.717) is 24.7 Å². The Labute approximate surface area is 113 Å². The van der Waals surface area contributed by atoms with Gasteiger partial charge >= 0.3 is 5.97 Å². The van der Waals surface area contributed by atoms with Gasteiger partial charge in [-0.2, -0.15) is 0 Å². The Morgan fingerprint density at radius 2 is 2.05 bits per heavy atom. The number of aromatic carboxylic acids is 1. The summed E-state index contributed by atoms with van der Waals surface area (Å²) in [7, 11) is 0. The van der Waals surface area contributed by atoms with Gasteiger partial charge in [-0.05, 0) is 18.1 Å². The Morgan fingerprint density at radius 1 is 1.37 bits per heavy atom.